The number of thiazole rings is 1. The second-order valence-electron chi connectivity index (χ2n) is 11.2. The van der Waals surface area contributed by atoms with Gasteiger partial charge in [0.05, 0.1) is 24.6 Å². The molecule has 2 aromatic rings. The Bertz CT molecular complexity index is 1420. The monoisotopic (exact) mass is 695 g/mol. The topological polar surface area (TPSA) is 188 Å². The molecule has 252 valence electrons. The summed E-state index contributed by atoms with van der Waals surface area (Å²) in [5, 5.41) is 16.8. The number of carbonyl (C=O) groups is 4. The van der Waals surface area contributed by atoms with Crippen molar-refractivity contribution < 1.29 is 28.7 Å². The maximum Gasteiger partial charge on any atom is 0.358 e. The van der Waals surface area contributed by atoms with Crippen LogP contribution in [0.2, 0.25) is 0 Å². The molecule has 0 aliphatic carbocycles. The van der Waals surface area contributed by atoms with Crippen LogP contribution in [0.25, 0.3) is 0 Å². The number of hydrogen-bond donors (Lipinski definition) is 2. The van der Waals surface area contributed by atoms with Crippen molar-refractivity contribution in [1.29, 1.82) is 0 Å². The number of thioether (sulfide) groups is 2. The van der Waals surface area contributed by atoms with Crippen LogP contribution in [-0.4, -0.2) is 109 Å². The van der Waals surface area contributed by atoms with Gasteiger partial charge in [-0.2, -0.15) is 0 Å². The first-order valence-corrected chi connectivity index (χ1v) is 18.0. The number of anilines is 1. The van der Waals surface area contributed by atoms with E-state index in [1.807, 2.05) is 32.8 Å². The molecule has 0 aromatic carbocycles. The number of tetrazole rings is 1. The van der Waals surface area contributed by atoms with Crippen LogP contribution < -0.4 is 11.1 Å². The van der Waals surface area contributed by atoms with Crippen molar-refractivity contribution in [2.75, 3.05) is 37.9 Å². The van der Waals surface area contributed by atoms with Gasteiger partial charge in [-0.25, -0.2) is 14.5 Å². The molecule has 4 heterocycles. The Hall–Kier alpha value is -3.22. The number of carbonyl (C=O) groups excluding carboxylic acids is 4. The molecule has 18 heteroatoms. The second-order valence-corrected chi connectivity index (χ2v) is 14.2. The molecule has 2 aliphatic rings. The van der Waals surface area contributed by atoms with Gasteiger partial charge >= 0.3 is 11.9 Å². The molecule has 0 radical (unpaired) electrons. The lowest BCUT2D eigenvalue weighted by atomic mass is 9.99. The van der Waals surface area contributed by atoms with Gasteiger partial charge in [0.2, 0.25) is 17.4 Å². The van der Waals surface area contributed by atoms with E-state index in [0.29, 0.717) is 52.4 Å². The lowest BCUT2D eigenvalue weighted by Crippen LogP contribution is -2.70. The first kappa shape index (κ1) is 35.6. The molecule has 2 aromatic heterocycles. The van der Waals surface area contributed by atoms with Crippen molar-refractivity contribution in [3.8, 4) is 0 Å². The van der Waals surface area contributed by atoms with E-state index in [9.17, 15) is 19.2 Å². The van der Waals surface area contributed by atoms with E-state index in [4.69, 9.17) is 15.2 Å². The summed E-state index contributed by atoms with van der Waals surface area (Å²) in [4.78, 5) is 60.2. The highest BCUT2D eigenvalue weighted by Crippen LogP contribution is 2.42. The molecule has 3 N–H and O–H groups in total. The minimum Gasteiger partial charge on any atom is -0.425 e. The third-order valence-electron chi connectivity index (χ3n) is 7.26. The summed E-state index contributed by atoms with van der Waals surface area (Å²) in [6, 6.07) is -0.831. The summed E-state index contributed by atoms with van der Waals surface area (Å²) >= 11 is 4.01. The van der Waals surface area contributed by atoms with Crippen LogP contribution in [0.5, 0.6) is 0 Å². The maximum absolute atomic E-state index is 13.7. The van der Waals surface area contributed by atoms with Gasteiger partial charge in [0, 0.05) is 30.4 Å². The fraction of sp³-hybridized carbons (Fsp3) is 0.643. The molecule has 15 nitrogen and oxygen atoms in total. The normalized spacial score (nSPS) is 18.4. The average Bonchev–Trinajstić information content (AvgIpc) is 3.64. The van der Waals surface area contributed by atoms with E-state index >= 15 is 0 Å². The van der Waals surface area contributed by atoms with Crippen molar-refractivity contribution in [2.45, 2.75) is 82.3 Å². The van der Waals surface area contributed by atoms with E-state index in [2.05, 4.69) is 25.8 Å². The second kappa shape index (κ2) is 16.6. The number of aromatic nitrogens is 5. The van der Waals surface area contributed by atoms with E-state index in [0.717, 1.165) is 19.4 Å². The van der Waals surface area contributed by atoms with Crippen LogP contribution in [0, 0.1) is 5.92 Å². The zero-order chi connectivity index (χ0) is 33.4. The number of rotatable bonds is 17. The number of ether oxygens (including phenoxy) is 2. The van der Waals surface area contributed by atoms with Crippen molar-refractivity contribution in [1.82, 2.24) is 40.3 Å². The number of amides is 2. The molecule has 1 fully saturated rings. The van der Waals surface area contributed by atoms with Gasteiger partial charge in [0.1, 0.15) is 17.1 Å². The Balaban J connectivity index is 1.50. The SMILES string of the molecule is CCCC(CCC)C(=O)OC(C)OC(=O)C1=C(CSc2nnnn2CCN(C)C)CS[C@@H]2[C@H](NC(=O)Cc3csc(N)n3)C(=O)N12. The van der Waals surface area contributed by atoms with Gasteiger partial charge in [-0.05, 0) is 42.9 Å². The molecule has 0 bridgehead atoms. The summed E-state index contributed by atoms with van der Waals surface area (Å²) in [6.07, 6.45) is 1.82. The van der Waals surface area contributed by atoms with Crippen LogP contribution in [0.1, 0.15) is 52.1 Å². The zero-order valence-corrected chi connectivity index (χ0v) is 29.1. The predicted octanol–water partition coefficient (Wildman–Crippen LogP) is 1.91. The number of nitrogens with two attached hydrogens (primary N) is 1. The highest BCUT2D eigenvalue weighted by atomic mass is 32.2. The Morgan fingerprint density at radius 1 is 1.22 bits per heavy atom. The number of likely N-dealkylation sites (N-methyl/N-ethyl adjacent to an activating group) is 1. The minimum atomic E-state index is -1.17. The zero-order valence-electron chi connectivity index (χ0n) is 26.6. The number of nitrogens with zero attached hydrogens (tertiary/aromatic N) is 7. The van der Waals surface area contributed by atoms with E-state index in [1.165, 1.54) is 46.7 Å². The molecular weight excluding hydrogens is 655 g/mol. The lowest BCUT2D eigenvalue weighted by Gasteiger charge is -2.49. The van der Waals surface area contributed by atoms with E-state index in [1.54, 1.807) is 10.1 Å². The predicted molar refractivity (Wildman–Crippen MR) is 174 cm³/mol. The first-order valence-electron chi connectivity index (χ1n) is 15.1. The highest BCUT2D eigenvalue weighted by Gasteiger charge is 2.54. The van der Waals surface area contributed by atoms with E-state index in [-0.39, 0.29) is 23.9 Å². The van der Waals surface area contributed by atoms with Gasteiger partial charge in [-0.1, -0.05) is 38.5 Å². The summed E-state index contributed by atoms with van der Waals surface area (Å²) in [7, 11) is 3.91. The van der Waals surface area contributed by atoms with Crippen molar-refractivity contribution >= 4 is 63.7 Å². The van der Waals surface area contributed by atoms with Gasteiger partial charge in [0.25, 0.3) is 5.91 Å². The Kier molecular flexibility index (Phi) is 12.8. The summed E-state index contributed by atoms with van der Waals surface area (Å²) in [5.41, 5.74) is 6.90. The van der Waals surface area contributed by atoms with Crippen LogP contribution in [0.3, 0.4) is 0 Å². The Morgan fingerprint density at radius 2 is 1.96 bits per heavy atom. The molecule has 46 heavy (non-hydrogen) atoms. The van der Waals surface area contributed by atoms with Gasteiger partial charge < -0.3 is 25.4 Å². The lowest BCUT2D eigenvalue weighted by molar-refractivity contribution is -0.187. The number of esters is 2. The molecule has 0 saturated carbocycles. The standard InChI is InChI=1S/C28H41N9O6S3/c1-6-8-17(9-7-2)25(40)42-16(3)43-26(41)22-18(14-46-28-32-33-34-36(28)11-10-35(4)5)13-44-24-21(23(39)37(22)24)31-20(38)12-19-15-45-27(29)30-19/h15-17,21,24H,6-14H2,1-5H3,(H2,29,30)(H,31,38)/t16?,21-,24-/m1/s1. The fourth-order valence-electron chi connectivity index (χ4n) is 5.03. The van der Waals surface area contributed by atoms with Crippen LogP contribution in [0.4, 0.5) is 5.13 Å². The molecule has 0 spiro atoms. The number of nitrogen functional groups attached to an aromatic ring is 1. The molecule has 1 unspecified atom stereocenters. The molecule has 3 atom stereocenters. The quantitative estimate of drug-likeness (QED) is 0.106. The third kappa shape index (κ3) is 8.98. The molecule has 2 amide bonds. The van der Waals surface area contributed by atoms with Gasteiger partial charge in [0.15, 0.2) is 5.13 Å². The Morgan fingerprint density at radius 3 is 2.61 bits per heavy atom. The van der Waals surface area contributed by atoms with E-state index < -0.39 is 35.6 Å². The minimum absolute atomic E-state index is 0.0238. The average molecular weight is 696 g/mol. The van der Waals surface area contributed by atoms with Crippen LogP contribution >= 0.6 is 34.9 Å². The molecular formula is C28H41N9O6S3. The Labute approximate surface area is 280 Å². The van der Waals surface area contributed by atoms with Gasteiger partial charge in [-0.3, -0.25) is 19.3 Å². The molecule has 4 rings (SSSR count). The smallest absolute Gasteiger partial charge is 0.358 e. The molecule has 2 aliphatic heterocycles. The third-order valence-corrected chi connectivity index (χ3v) is 10.4. The van der Waals surface area contributed by atoms with Crippen molar-refractivity contribution in [3.05, 3.63) is 22.3 Å². The fourth-order valence-corrected chi connectivity index (χ4v) is 7.98. The van der Waals surface area contributed by atoms with Crippen molar-refractivity contribution in [2.24, 2.45) is 5.92 Å². The van der Waals surface area contributed by atoms with Crippen LogP contribution in [0.15, 0.2) is 21.8 Å². The summed E-state index contributed by atoms with van der Waals surface area (Å²) in [5.74, 6) is -1.60. The highest BCUT2D eigenvalue weighted by molar-refractivity contribution is 8.01. The maximum atomic E-state index is 13.7. The largest absolute Gasteiger partial charge is 0.425 e. The number of β-lactam (4-membered cyclic amide) rings is 1. The van der Waals surface area contributed by atoms with Gasteiger partial charge in [-0.15, -0.1) is 28.2 Å². The number of hydrogen-bond acceptors (Lipinski definition) is 15. The molecule has 1 saturated heterocycles. The first-order chi connectivity index (χ1) is 22.0. The van der Waals surface area contributed by atoms with Crippen LogP contribution in [-0.2, 0) is 41.6 Å². The summed E-state index contributed by atoms with van der Waals surface area (Å²) < 4.78 is 12.8. The van der Waals surface area contributed by atoms with Crippen molar-refractivity contribution in [3.63, 3.8) is 0 Å². The summed E-state index contributed by atoms with van der Waals surface area (Å²) in [6.45, 7) is 6.79. The number of fused-ring (bicyclic) bond motifs is 1. The number of nitrogens with one attached hydrogen (secondary N) is 1.